The van der Waals surface area contributed by atoms with Crippen LogP contribution in [0.3, 0.4) is 0 Å². The van der Waals surface area contributed by atoms with Gasteiger partial charge in [-0.3, -0.25) is 0 Å². The average Bonchev–Trinajstić information content (AvgIpc) is 2.19. The summed E-state index contributed by atoms with van der Waals surface area (Å²) in [6, 6.07) is 4.27. The first-order valence-corrected chi connectivity index (χ1v) is 5.16. The summed E-state index contributed by atoms with van der Waals surface area (Å²) in [6.07, 6.45) is -1.72. The first kappa shape index (κ1) is 11.6. The highest BCUT2D eigenvalue weighted by atomic mass is 79.9. The van der Waals surface area contributed by atoms with E-state index in [0.717, 1.165) is 0 Å². The molecule has 0 aliphatic heterocycles. The molecule has 4 heteroatoms. The van der Waals surface area contributed by atoms with Crippen molar-refractivity contribution in [1.82, 2.24) is 0 Å². The molecular weight excluding hydrogens is 251 g/mol. The molecule has 0 aliphatic rings. The van der Waals surface area contributed by atoms with Crippen LogP contribution < -0.4 is 0 Å². The third kappa shape index (κ3) is 2.53. The molecule has 2 N–H and O–H groups in total. The number of halogens is 2. The van der Waals surface area contributed by atoms with E-state index >= 15 is 0 Å². The van der Waals surface area contributed by atoms with Crippen LogP contribution in [-0.4, -0.2) is 16.3 Å². The van der Waals surface area contributed by atoms with Gasteiger partial charge in [0, 0.05) is 10.0 Å². The highest BCUT2D eigenvalue weighted by molar-refractivity contribution is 9.10. The molecule has 1 aromatic rings. The monoisotopic (exact) mass is 262 g/mol. The first-order valence-electron chi connectivity index (χ1n) is 4.37. The molecule has 2 atom stereocenters. The Bertz CT molecular complexity index is 317. The van der Waals surface area contributed by atoms with Crippen molar-refractivity contribution in [2.75, 3.05) is 0 Å². The van der Waals surface area contributed by atoms with E-state index in [1.54, 1.807) is 13.0 Å². The molecule has 14 heavy (non-hydrogen) atoms. The van der Waals surface area contributed by atoms with E-state index < -0.39 is 18.0 Å². The standard InChI is InChI=1S/C10H12BrFO2/c1-2-9(13)10(14)7-5-6(11)3-4-8(7)12/h3-5,9-10,13-14H,2H2,1H3. The predicted molar refractivity (Wildman–Crippen MR) is 55.4 cm³/mol. The topological polar surface area (TPSA) is 40.5 Å². The lowest BCUT2D eigenvalue weighted by Gasteiger charge is -2.17. The molecule has 0 saturated heterocycles. The third-order valence-electron chi connectivity index (χ3n) is 2.06. The number of aliphatic hydroxyl groups is 2. The fourth-order valence-corrected chi connectivity index (χ4v) is 1.55. The Labute approximate surface area is 90.5 Å². The maximum Gasteiger partial charge on any atom is 0.129 e. The molecule has 2 nitrogen and oxygen atoms in total. The minimum atomic E-state index is -1.17. The minimum Gasteiger partial charge on any atom is -0.390 e. The van der Waals surface area contributed by atoms with Gasteiger partial charge < -0.3 is 10.2 Å². The zero-order valence-corrected chi connectivity index (χ0v) is 9.33. The van der Waals surface area contributed by atoms with Crippen molar-refractivity contribution in [2.45, 2.75) is 25.6 Å². The molecular formula is C10H12BrFO2. The van der Waals surface area contributed by atoms with Gasteiger partial charge in [0.2, 0.25) is 0 Å². The van der Waals surface area contributed by atoms with E-state index in [1.165, 1.54) is 12.1 Å². The van der Waals surface area contributed by atoms with Gasteiger partial charge in [-0.15, -0.1) is 0 Å². The van der Waals surface area contributed by atoms with Gasteiger partial charge in [-0.2, -0.15) is 0 Å². The Morgan fingerprint density at radius 1 is 1.43 bits per heavy atom. The van der Waals surface area contributed by atoms with Crippen LogP contribution in [0.1, 0.15) is 25.0 Å². The summed E-state index contributed by atoms with van der Waals surface area (Å²) in [6.45, 7) is 1.73. The summed E-state index contributed by atoms with van der Waals surface area (Å²) in [5.74, 6) is -0.506. The molecule has 0 aliphatic carbocycles. The van der Waals surface area contributed by atoms with Crippen LogP contribution in [0.4, 0.5) is 4.39 Å². The Morgan fingerprint density at radius 2 is 2.07 bits per heavy atom. The van der Waals surface area contributed by atoms with Gasteiger partial charge in [-0.1, -0.05) is 22.9 Å². The van der Waals surface area contributed by atoms with Crippen LogP contribution in [0.2, 0.25) is 0 Å². The Hall–Kier alpha value is -0.450. The molecule has 1 aromatic carbocycles. The van der Waals surface area contributed by atoms with E-state index in [0.29, 0.717) is 10.9 Å². The second-order valence-corrected chi connectivity index (χ2v) is 4.00. The van der Waals surface area contributed by atoms with Crippen molar-refractivity contribution in [3.63, 3.8) is 0 Å². The van der Waals surface area contributed by atoms with Gasteiger partial charge in [0.05, 0.1) is 6.10 Å². The molecule has 0 amide bonds. The van der Waals surface area contributed by atoms with Crippen molar-refractivity contribution in [3.8, 4) is 0 Å². The smallest absolute Gasteiger partial charge is 0.129 e. The molecule has 0 heterocycles. The van der Waals surface area contributed by atoms with Crippen LogP contribution in [-0.2, 0) is 0 Å². The highest BCUT2D eigenvalue weighted by Gasteiger charge is 2.19. The lowest BCUT2D eigenvalue weighted by Crippen LogP contribution is -2.18. The highest BCUT2D eigenvalue weighted by Crippen LogP contribution is 2.24. The normalized spacial score (nSPS) is 15.2. The number of hydrogen-bond acceptors (Lipinski definition) is 2. The number of aliphatic hydroxyl groups excluding tert-OH is 2. The van der Waals surface area contributed by atoms with Crippen molar-refractivity contribution in [2.24, 2.45) is 0 Å². The van der Waals surface area contributed by atoms with Crippen LogP contribution in [0.5, 0.6) is 0 Å². The summed E-state index contributed by atoms with van der Waals surface area (Å²) in [4.78, 5) is 0. The van der Waals surface area contributed by atoms with E-state index in [4.69, 9.17) is 0 Å². The number of benzene rings is 1. The number of rotatable bonds is 3. The average molecular weight is 263 g/mol. The molecule has 0 radical (unpaired) electrons. The van der Waals surface area contributed by atoms with Crippen LogP contribution in [0.25, 0.3) is 0 Å². The van der Waals surface area contributed by atoms with E-state index in [2.05, 4.69) is 15.9 Å². The van der Waals surface area contributed by atoms with Crippen molar-refractivity contribution in [1.29, 1.82) is 0 Å². The summed E-state index contributed by atoms with van der Waals surface area (Å²) in [7, 11) is 0. The number of hydrogen-bond donors (Lipinski definition) is 2. The lowest BCUT2D eigenvalue weighted by atomic mass is 10.0. The Morgan fingerprint density at radius 3 is 2.64 bits per heavy atom. The lowest BCUT2D eigenvalue weighted by molar-refractivity contribution is 0.0144. The van der Waals surface area contributed by atoms with E-state index in [9.17, 15) is 14.6 Å². The minimum absolute atomic E-state index is 0.119. The summed E-state index contributed by atoms with van der Waals surface area (Å²) < 4.78 is 13.9. The van der Waals surface area contributed by atoms with Crippen LogP contribution >= 0.6 is 15.9 Å². The predicted octanol–water partition coefficient (Wildman–Crippen LogP) is 2.39. The van der Waals surface area contributed by atoms with Gasteiger partial charge in [0.25, 0.3) is 0 Å². The van der Waals surface area contributed by atoms with Crippen LogP contribution in [0.15, 0.2) is 22.7 Å². The Balaban J connectivity index is 2.99. The van der Waals surface area contributed by atoms with Crippen LogP contribution in [0, 0.1) is 5.82 Å². The summed E-state index contributed by atoms with van der Waals surface area (Å²) in [5, 5.41) is 18.9. The van der Waals surface area contributed by atoms with E-state index in [-0.39, 0.29) is 5.56 Å². The summed E-state index contributed by atoms with van der Waals surface area (Å²) in [5.41, 5.74) is 0.119. The molecule has 1 rings (SSSR count). The molecule has 0 bridgehead atoms. The van der Waals surface area contributed by atoms with Gasteiger partial charge in [0.15, 0.2) is 0 Å². The van der Waals surface area contributed by atoms with Crippen molar-refractivity contribution >= 4 is 15.9 Å². The molecule has 2 unspecified atom stereocenters. The Kier molecular flexibility index (Phi) is 4.04. The largest absolute Gasteiger partial charge is 0.390 e. The van der Waals surface area contributed by atoms with E-state index in [1.807, 2.05) is 0 Å². The molecule has 0 saturated carbocycles. The maximum absolute atomic E-state index is 13.2. The molecule has 0 fully saturated rings. The quantitative estimate of drug-likeness (QED) is 0.879. The van der Waals surface area contributed by atoms with Gasteiger partial charge in [-0.25, -0.2) is 4.39 Å². The van der Waals surface area contributed by atoms with Gasteiger partial charge >= 0.3 is 0 Å². The molecule has 78 valence electrons. The molecule has 0 spiro atoms. The van der Waals surface area contributed by atoms with Gasteiger partial charge in [-0.05, 0) is 24.6 Å². The second kappa shape index (κ2) is 4.87. The summed E-state index contributed by atoms with van der Waals surface area (Å²) >= 11 is 3.18. The SMILES string of the molecule is CCC(O)C(O)c1cc(Br)ccc1F. The first-order chi connectivity index (χ1) is 6.56. The van der Waals surface area contributed by atoms with Crippen molar-refractivity contribution < 1.29 is 14.6 Å². The second-order valence-electron chi connectivity index (χ2n) is 3.09. The van der Waals surface area contributed by atoms with Crippen molar-refractivity contribution in [3.05, 3.63) is 34.1 Å². The fraction of sp³-hybridized carbons (Fsp3) is 0.400. The molecule has 0 aromatic heterocycles. The van der Waals surface area contributed by atoms with Gasteiger partial charge in [0.1, 0.15) is 11.9 Å². The third-order valence-corrected chi connectivity index (χ3v) is 2.55. The zero-order chi connectivity index (χ0) is 10.7. The zero-order valence-electron chi connectivity index (χ0n) is 7.74. The fourth-order valence-electron chi connectivity index (χ4n) is 1.17. The maximum atomic E-state index is 13.2.